The second-order valence-electron chi connectivity index (χ2n) is 4.09. The lowest BCUT2D eigenvalue weighted by Crippen LogP contribution is -1.94. The molecule has 0 fully saturated rings. The van der Waals surface area contributed by atoms with Crippen LogP contribution in [0.4, 0.5) is 0 Å². The molecule has 0 aliphatic heterocycles. The van der Waals surface area contributed by atoms with Crippen LogP contribution in [0.5, 0.6) is 23.0 Å². The van der Waals surface area contributed by atoms with E-state index in [1.165, 1.54) is 48.9 Å². The zero-order chi connectivity index (χ0) is 17.4. The maximum Gasteiger partial charge on any atom is 0.292 e. The molecule has 8 nitrogen and oxygen atoms in total. The molecule has 0 N–H and O–H groups in total. The van der Waals surface area contributed by atoms with Gasteiger partial charge in [-0.15, -0.1) is 21.0 Å². The van der Waals surface area contributed by atoms with Crippen LogP contribution in [0, 0.1) is 46.1 Å². The van der Waals surface area contributed by atoms with Crippen LogP contribution in [0.3, 0.4) is 0 Å². The Hall–Kier alpha value is -4.40. The van der Waals surface area contributed by atoms with Crippen LogP contribution in [0.15, 0.2) is 36.4 Å². The number of rotatable bonds is 5. The molecular weight excluding hydrogens is 312 g/mol. The fraction of sp³-hybridized carbons (Fsp3) is 0. The van der Waals surface area contributed by atoms with Crippen LogP contribution >= 0.6 is 0 Å². The SMILES string of the molecule is N#COc1ccc(OC#N)c(-c2cc(OC#N)ccc2OC#N)c1. The average molecular weight is 318 g/mol. The molecule has 2 aromatic carbocycles. The molecule has 0 saturated carbocycles. The molecule has 0 radical (unpaired) electrons. The van der Waals surface area contributed by atoms with E-state index in [-0.39, 0.29) is 23.0 Å². The van der Waals surface area contributed by atoms with E-state index >= 15 is 0 Å². The van der Waals surface area contributed by atoms with E-state index in [1.54, 1.807) is 12.5 Å². The highest BCUT2D eigenvalue weighted by Gasteiger charge is 2.16. The molecule has 0 aliphatic rings. The van der Waals surface area contributed by atoms with Gasteiger partial charge in [0.25, 0.3) is 25.0 Å². The molecule has 0 aromatic heterocycles. The lowest BCUT2D eigenvalue weighted by Gasteiger charge is -2.11. The van der Waals surface area contributed by atoms with E-state index in [0.29, 0.717) is 11.1 Å². The summed E-state index contributed by atoms with van der Waals surface area (Å²) in [6.07, 6.45) is 6.14. The molecule has 0 spiro atoms. The first-order valence-corrected chi connectivity index (χ1v) is 6.25. The predicted molar refractivity (Wildman–Crippen MR) is 76.8 cm³/mol. The van der Waals surface area contributed by atoms with Crippen molar-refractivity contribution in [3.05, 3.63) is 36.4 Å². The van der Waals surface area contributed by atoms with Crippen LogP contribution in [-0.4, -0.2) is 0 Å². The zero-order valence-electron chi connectivity index (χ0n) is 11.9. The summed E-state index contributed by atoms with van der Waals surface area (Å²) < 4.78 is 19.3. The zero-order valence-corrected chi connectivity index (χ0v) is 11.9. The van der Waals surface area contributed by atoms with Gasteiger partial charge in [-0.3, -0.25) is 0 Å². The highest BCUT2D eigenvalue weighted by Crippen LogP contribution is 2.40. The summed E-state index contributed by atoms with van der Waals surface area (Å²) in [6.45, 7) is 0. The quantitative estimate of drug-likeness (QED) is 0.768. The maximum absolute atomic E-state index is 8.77. The fourth-order valence-corrected chi connectivity index (χ4v) is 1.95. The van der Waals surface area contributed by atoms with E-state index in [2.05, 4.69) is 0 Å². The second-order valence-corrected chi connectivity index (χ2v) is 4.09. The van der Waals surface area contributed by atoms with Gasteiger partial charge in [0, 0.05) is 11.1 Å². The van der Waals surface area contributed by atoms with Crippen molar-refractivity contribution >= 4 is 0 Å². The molecule has 0 atom stereocenters. The van der Waals surface area contributed by atoms with Crippen LogP contribution in [0.2, 0.25) is 0 Å². The van der Waals surface area contributed by atoms with Gasteiger partial charge < -0.3 is 18.9 Å². The highest BCUT2D eigenvalue weighted by atomic mass is 16.5. The van der Waals surface area contributed by atoms with Gasteiger partial charge in [-0.1, -0.05) is 0 Å². The standard InChI is InChI=1S/C16H6N4O4/c17-7-21-11-1-3-15(23-9-19)13(5-11)14-6-12(22-8-18)2-4-16(14)24-10-20/h1-6H. The van der Waals surface area contributed by atoms with E-state index in [1.807, 2.05) is 0 Å². The highest BCUT2D eigenvalue weighted by molar-refractivity contribution is 5.78. The second kappa shape index (κ2) is 7.56. The Kier molecular flexibility index (Phi) is 5.04. The van der Waals surface area contributed by atoms with Gasteiger partial charge >= 0.3 is 0 Å². The molecule has 0 unspecified atom stereocenters. The van der Waals surface area contributed by atoms with Crippen molar-refractivity contribution in [3.8, 4) is 59.1 Å². The van der Waals surface area contributed by atoms with Gasteiger partial charge in [0.15, 0.2) is 11.5 Å². The third kappa shape index (κ3) is 3.43. The van der Waals surface area contributed by atoms with E-state index < -0.39 is 0 Å². The van der Waals surface area contributed by atoms with Gasteiger partial charge in [0.05, 0.1) is 0 Å². The van der Waals surface area contributed by atoms with E-state index in [9.17, 15) is 0 Å². The molecule has 114 valence electrons. The van der Waals surface area contributed by atoms with Gasteiger partial charge in [-0.05, 0) is 36.4 Å². The summed E-state index contributed by atoms with van der Waals surface area (Å²) >= 11 is 0. The van der Waals surface area contributed by atoms with E-state index in [4.69, 9.17) is 40.0 Å². The van der Waals surface area contributed by atoms with Gasteiger partial charge in [0.1, 0.15) is 11.5 Å². The van der Waals surface area contributed by atoms with Gasteiger partial charge in [-0.25, -0.2) is 0 Å². The Morgan fingerprint density at radius 2 is 0.917 bits per heavy atom. The van der Waals surface area contributed by atoms with Gasteiger partial charge in [-0.2, -0.15) is 0 Å². The van der Waals surface area contributed by atoms with Crippen LogP contribution in [0.1, 0.15) is 0 Å². The monoisotopic (exact) mass is 318 g/mol. The number of nitriles is 4. The summed E-state index contributed by atoms with van der Waals surface area (Å²) in [6, 6.07) is 8.54. The topological polar surface area (TPSA) is 132 Å². The first-order valence-electron chi connectivity index (χ1n) is 6.25. The number of hydrogen-bond donors (Lipinski definition) is 0. The molecular formula is C16H6N4O4. The normalized spacial score (nSPS) is 8.67. The van der Waals surface area contributed by atoms with Gasteiger partial charge in [0.2, 0.25) is 0 Å². The lowest BCUT2D eigenvalue weighted by molar-refractivity contribution is 0.488. The third-order valence-corrected chi connectivity index (χ3v) is 2.83. The minimum atomic E-state index is 0.139. The smallest absolute Gasteiger partial charge is 0.292 e. The Morgan fingerprint density at radius 1 is 0.542 bits per heavy atom. The number of benzene rings is 2. The summed E-state index contributed by atoms with van der Waals surface area (Å²) in [5, 5.41) is 34.8. The largest absolute Gasteiger partial charge is 0.388 e. The van der Waals surface area contributed by atoms with Crippen molar-refractivity contribution in [2.75, 3.05) is 0 Å². The molecule has 2 aromatic rings. The predicted octanol–water partition coefficient (Wildman–Crippen LogP) is 2.79. The lowest BCUT2D eigenvalue weighted by atomic mass is 10.0. The summed E-state index contributed by atoms with van der Waals surface area (Å²) in [7, 11) is 0. The molecule has 0 aliphatic carbocycles. The summed E-state index contributed by atoms with van der Waals surface area (Å²) in [5.74, 6) is 0.652. The summed E-state index contributed by atoms with van der Waals surface area (Å²) in [4.78, 5) is 0. The average Bonchev–Trinajstić information content (AvgIpc) is 2.58. The minimum absolute atomic E-state index is 0.139. The van der Waals surface area contributed by atoms with Crippen molar-refractivity contribution in [1.29, 1.82) is 21.0 Å². The molecule has 0 bridgehead atoms. The minimum Gasteiger partial charge on any atom is -0.388 e. The first-order chi connectivity index (χ1) is 11.7. The fourth-order valence-electron chi connectivity index (χ4n) is 1.95. The van der Waals surface area contributed by atoms with Crippen molar-refractivity contribution in [1.82, 2.24) is 0 Å². The van der Waals surface area contributed by atoms with Crippen molar-refractivity contribution in [3.63, 3.8) is 0 Å². The van der Waals surface area contributed by atoms with Crippen LogP contribution < -0.4 is 18.9 Å². The Bertz CT molecular complexity index is 852. The van der Waals surface area contributed by atoms with E-state index in [0.717, 1.165) is 0 Å². The number of hydrogen-bond acceptors (Lipinski definition) is 8. The molecule has 8 heteroatoms. The number of ether oxygens (including phenoxy) is 4. The van der Waals surface area contributed by atoms with Crippen molar-refractivity contribution < 1.29 is 18.9 Å². The maximum atomic E-state index is 8.77. The Labute approximate surface area is 136 Å². The molecule has 0 heterocycles. The third-order valence-electron chi connectivity index (χ3n) is 2.83. The Balaban J connectivity index is 2.68. The molecule has 2 rings (SSSR count). The van der Waals surface area contributed by atoms with Crippen LogP contribution in [-0.2, 0) is 0 Å². The van der Waals surface area contributed by atoms with Crippen molar-refractivity contribution in [2.24, 2.45) is 0 Å². The number of nitrogens with zero attached hydrogens (tertiary/aromatic N) is 4. The van der Waals surface area contributed by atoms with Crippen molar-refractivity contribution in [2.45, 2.75) is 0 Å². The molecule has 24 heavy (non-hydrogen) atoms. The molecule has 0 amide bonds. The van der Waals surface area contributed by atoms with Crippen LogP contribution in [0.25, 0.3) is 11.1 Å². The molecule has 0 saturated heterocycles. The Morgan fingerprint density at radius 3 is 1.25 bits per heavy atom. The first kappa shape index (κ1) is 16.0. The summed E-state index contributed by atoms with van der Waals surface area (Å²) in [5.41, 5.74) is 0.607.